The van der Waals surface area contributed by atoms with Gasteiger partial charge in [0.1, 0.15) is 17.4 Å². The van der Waals surface area contributed by atoms with Gasteiger partial charge in [-0.05, 0) is 42.5 Å². The van der Waals surface area contributed by atoms with E-state index in [1.165, 1.54) is 12.1 Å². The second kappa shape index (κ2) is 7.26. The third-order valence-electron chi connectivity index (χ3n) is 4.79. The molecule has 1 amide bonds. The fourth-order valence-electron chi connectivity index (χ4n) is 3.28. The first-order valence-electron chi connectivity index (χ1n) is 8.86. The first-order chi connectivity index (χ1) is 13.5. The summed E-state index contributed by atoms with van der Waals surface area (Å²) in [5.41, 5.74) is 2.00. The molecule has 2 aromatic carbocycles. The van der Waals surface area contributed by atoms with Crippen molar-refractivity contribution in [3.63, 3.8) is 0 Å². The van der Waals surface area contributed by atoms with Crippen molar-refractivity contribution in [2.24, 2.45) is 0 Å². The predicted molar refractivity (Wildman–Crippen MR) is 102 cm³/mol. The van der Waals surface area contributed by atoms with Gasteiger partial charge in [-0.3, -0.25) is 9.59 Å². The van der Waals surface area contributed by atoms with Crippen molar-refractivity contribution in [1.82, 2.24) is 14.9 Å². The van der Waals surface area contributed by atoms with Gasteiger partial charge in [0.25, 0.3) is 11.5 Å². The summed E-state index contributed by atoms with van der Waals surface area (Å²) >= 11 is 0. The molecule has 0 spiro atoms. The van der Waals surface area contributed by atoms with Gasteiger partial charge in [0.05, 0.1) is 24.9 Å². The number of ether oxygens (including phenoxy) is 1. The van der Waals surface area contributed by atoms with E-state index in [0.29, 0.717) is 46.9 Å². The van der Waals surface area contributed by atoms with E-state index >= 15 is 0 Å². The largest absolute Gasteiger partial charge is 0.497 e. The lowest BCUT2D eigenvalue weighted by Gasteiger charge is -2.28. The van der Waals surface area contributed by atoms with E-state index in [1.54, 1.807) is 48.4 Å². The molecule has 1 aliphatic heterocycles. The van der Waals surface area contributed by atoms with Gasteiger partial charge < -0.3 is 14.6 Å². The number of fused-ring (bicyclic) bond motifs is 1. The second-order valence-corrected chi connectivity index (χ2v) is 6.56. The Bertz CT molecular complexity index is 1090. The molecule has 28 heavy (non-hydrogen) atoms. The molecule has 1 N–H and O–H groups in total. The minimum atomic E-state index is -0.351. The van der Waals surface area contributed by atoms with Gasteiger partial charge >= 0.3 is 0 Å². The molecule has 0 unspecified atom stereocenters. The first kappa shape index (κ1) is 17.9. The minimum Gasteiger partial charge on any atom is -0.497 e. The number of aromatic amines is 1. The molecule has 142 valence electrons. The van der Waals surface area contributed by atoms with Crippen LogP contribution in [-0.2, 0) is 13.0 Å². The molecule has 1 aromatic heterocycles. The number of rotatable bonds is 3. The summed E-state index contributed by atoms with van der Waals surface area (Å²) in [5.74, 6) is 0.491. The standard InChI is InChI=1S/C21H18FN3O3/c1-28-16-4-2-3-14(11-16)21(27)25-10-9-18-17(12-25)20(26)24-19(23-18)13-5-7-15(22)8-6-13/h2-8,11H,9-10,12H2,1H3,(H,23,24,26). The zero-order valence-corrected chi connectivity index (χ0v) is 15.2. The smallest absolute Gasteiger partial charge is 0.256 e. The maximum atomic E-state index is 13.1. The lowest BCUT2D eigenvalue weighted by Crippen LogP contribution is -2.39. The first-order valence-corrected chi connectivity index (χ1v) is 8.86. The normalized spacial score (nSPS) is 13.1. The number of aromatic nitrogens is 2. The topological polar surface area (TPSA) is 75.3 Å². The van der Waals surface area contributed by atoms with Gasteiger partial charge in [-0.25, -0.2) is 9.37 Å². The van der Waals surface area contributed by atoms with Crippen molar-refractivity contribution in [3.05, 3.63) is 81.5 Å². The number of carbonyl (C=O) groups excluding carboxylic acids is 1. The Balaban J connectivity index is 1.61. The molecule has 0 fully saturated rings. The van der Waals surface area contributed by atoms with Crippen molar-refractivity contribution in [2.45, 2.75) is 13.0 Å². The molecule has 7 heteroatoms. The molecule has 0 saturated carbocycles. The van der Waals surface area contributed by atoms with Crippen LogP contribution in [0.3, 0.4) is 0 Å². The molecule has 0 saturated heterocycles. The Hall–Kier alpha value is -3.48. The van der Waals surface area contributed by atoms with Crippen molar-refractivity contribution in [2.75, 3.05) is 13.7 Å². The van der Waals surface area contributed by atoms with Gasteiger partial charge in [0.15, 0.2) is 0 Å². The van der Waals surface area contributed by atoms with E-state index < -0.39 is 0 Å². The van der Waals surface area contributed by atoms with Gasteiger partial charge in [-0.2, -0.15) is 0 Å². The fourth-order valence-corrected chi connectivity index (χ4v) is 3.28. The summed E-state index contributed by atoms with van der Waals surface area (Å²) in [6.07, 6.45) is 0.475. The maximum Gasteiger partial charge on any atom is 0.256 e. The van der Waals surface area contributed by atoms with Gasteiger partial charge in [-0.15, -0.1) is 0 Å². The highest BCUT2D eigenvalue weighted by atomic mass is 19.1. The Morgan fingerprint density at radius 1 is 1.21 bits per heavy atom. The summed E-state index contributed by atoms with van der Waals surface area (Å²) < 4.78 is 18.3. The Kier molecular flexibility index (Phi) is 4.65. The second-order valence-electron chi connectivity index (χ2n) is 6.56. The molecule has 6 nitrogen and oxygen atoms in total. The van der Waals surface area contributed by atoms with E-state index in [-0.39, 0.29) is 23.8 Å². The number of methoxy groups -OCH3 is 1. The highest BCUT2D eigenvalue weighted by Gasteiger charge is 2.25. The minimum absolute atomic E-state index is 0.161. The van der Waals surface area contributed by atoms with Crippen molar-refractivity contribution in [3.8, 4) is 17.1 Å². The number of H-pyrrole nitrogens is 1. The molecule has 2 heterocycles. The molecule has 0 bridgehead atoms. The van der Waals surface area contributed by atoms with E-state index in [1.807, 2.05) is 0 Å². The fraction of sp³-hybridized carbons (Fsp3) is 0.190. The van der Waals surface area contributed by atoms with Crippen LogP contribution in [-0.4, -0.2) is 34.4 Å². The van der Waals surface area contributed by atoms with Crippen LogP contribution in [0.15, 0.2) is 53.3 Å². The summed E-state index contributed by atoms with van der Waals surface area (Å²) in [5, 5.41) is 0. The van der Waals surface area contributed by atoms with Crippen LogP contribution in [0.5, 0.6) is 5.75 Å². The number of benzene rings is 2. The molecular formula is C21H18FN3O3. The number of amides is 1. The predicted octanol–water partition coefficient (Wildman–Crippen LogP) is 2.78. The van der Waals surface area contributed by atoms with Crippen LogP contribution in [0.4, 0.5) is 4.39 Å². The number of hydrogen-bond acceptors (Lipinski definition) is 4. The SMILES string of the molecule is COc1cccc(C(=O)N2CCc3nc(-c4ccc(F)cc4)[nH]c(=O)c3C2)c1. The quantitative estimate of drug-likeness (QED) is 0.759. The Labute approximate surface area is 160 Å². The van der Waals surface area contributed by atoms with Gasteiger partial charge in [-0.1, -0.05) is 6.07 Å². The number of nitrogens with zero attached hydrogens (tertiary/aromatic N) is 2. The molecule has 0 radical (unpaired) electrons. The Morgan fingerprint density at radius 3 is 2.75 bits per heavy atom. The number of carbonyl (C=O) groups is 1. The zero-order chi connectivity index (χ0) is 19.7. The molecule has 4 rings (SSSR count). The van der Waals surface area contributed by atoms with E-state index in [9.17, 15) is 14.0 Å². The highest BCUT2D eigenvalue weighted by Crippen LogP contribution is 2.21. The molecule has 1 aliphatic rings. The van der Waals surface area contributed by atoms with Crippen molar-refractivity contribution >= 4 is 5.91 Å². The molecule has 3 aromatic rings. The van der Waals surface area contributed by atoms with Crippen LogP contribution in [0, 0.1) is 5.82 Å². The van der Waals surface area contributed by atoms with Crippen LogP contribution in [0.25, 0.3) is 11.4 Å². The van der Waals surface area contributed by atoms with Gasteiger partial charge in [0, 0.05) is 24.1 Å². The van der Waals surface area contributed by atoms with Crippen LogP contribution in [0.2, 0.25) is 0 Å². The van der Waals surface area contributed by atoms with E-state index in [2.05, 4.69) is 9.97 Å². The zero-order valence-electron chi connectivity index (χ0n) is 15.2. The van der Waals surface area contributed by atoms with Gasteiger partial charge in [0.2, 0.25) is 0 Å². The molecule has 0 aliphatic carbocycles. The molecular weight excluding hydrogens is 361 g/mol. The average Bonchev–Trinajstić information content (AvgIpc) is 2.73. The summed E-state index contributed by atoms with van der Waals surface area (Å²) in [4.78, 5) is 34.3. The monoisotopic (exact) mass is 379 g/mol. The van der Waals surface area contributed by atoms with Crippen molar-refractivity contribution in [1.29, 1.82) is 0 Å². The summed E-state index contributed by atoms with van der Waals surface area (Å²) in [7, 11) is 1.55. The summed E-state index contributed by atoms with van der Waals surface area (Å²) in [6.45, 7) is 0.653. The number of hydrogen-bond donors (Lipinski definition) is 1. The van der Waals surface area contributed by atoms with Crippen molar-refractivity contribution < 1.29 is 13.9 Å². The average molecular weight is 379 g/mol. The maximum absolute atomic E-state index is 13.1. The third kappa shape index (κ3) is 3.38. The summed E-state index contributed by atoms with van der Waals surface area (Å²) in [6, 6.07) is 12.7. The van der Waals surface area contributed by atoms with E-state index in [0.717, 1.165) is 0 Å². The lowest BCUT2D eigenvalue weighted by molar-refractivity contribution is 0.0732. The molecule has 0 atom stereocenters. The van der Waals surface area contributed by atoms with Crippen LogP contribution >= 0.6 is 0 Å². The van der Waals surface area contributed by atoms with Crippen LogP contribution < -0.4 is 10.3 Å². The van der Waals surface area contributed by atoms with E-state index in [4.69, 9.17) is 4.74 Å². The number of nitrogens with one attached hydrogen (secondary N) is 1. The van der Waals surface area contributed by atoms with Crippen LogP contribution in [0.1, 0.15) is 21.6 Å². The Morgan fingerprint density at radius 2 is 2.00 bits per heavy atom. The number of halogens is 1. The third-order valence-corrected chi connectivity index (χ3v) is 4.79. The highest BCUT2D eigenvalue weighted by molar-refractivity contribution is 5.94. The lowest BCUT2D eigenvalue weighted by atomic mass is 10.0.